The van der Waals surface area contributed by atoms with Crippen molar-refractivity contribution in [1.82, 2.24) is 19.8 Å². The summed E-state index contributed by atoms with van der Waals surface area (Å²) in [5.74, 6) is 0.685. The third kappa shape index (κ3) is 6.73. The first-order valence-electron chi connectivity index (χ1n) is 12.5. The lowest BCUT2D eigenvalue weighted by molar-refractivity contribution is -0.122. The van der Waals surface area contributed by atoms with Crippen LogP contribution >= 0.6 is 11.6 Å². The van der Waals surface area contributed by atoms with Crippen LogP contribution in [0.2, 0.25) is 5.02 Å². The van der Waals surface area contributed by atoms with Crippen molar-refractivity contribution < 1.29 is 13.9 Å². The highest BCUT2D eigenvalue weighted by atomic mass is 35.5. The third-order valence-electron chi connectivity index (χ3n) is 6.23. The molecule has 1 aromatic heterocycles. The molecule has 2 heterocycles. The Balaban J connectivity index is 1.49. The van der Waals surface area contributed by atoms with E-state index >= 15 is 0 Å². The lowest BCUT2D eigenvalue weighted by Gasteiger charge is -2.26. The second-order valence-corrected chi connectivity index (χ2v) is 9.89. The maximum absolute atomic E-state index is 13.8. The highest BCUT2D eigenvalue weighted by molar-refractivity contribution is 6.31. The summed E-state index contributed by atoms with van der Waals surface area (Å²) in [5, 5.41) is 2.93. The Bertz CT molecular complexity index is 1160. The number of carbonyl (C=O) groups excluding carboxylic acids is 1. The Kier molecular flexibility index (Phi) is 8.63. The molecular weight excluding hydrogens is 467 g/mol. The number of imidazole rings is 1. The van der Waals surface area contributed by atoms with Crippen LogP contribution in [0.3, 0.4) is 0 Å². The zero-order chi connectivity index (χ0) is 24.8. The summed E-state index contributed by atoms with van der Waals surface area (Å²) in [4.78, 5) is 19.9. The number of hydrogen-bond acceptors (Lipinski definition) is 4. The van der Waals surface area contributed by atoms with E-state index in [9.17, 15) is 9.18 Å². The van der Waals surface area contributed by atoms with Crippen LogP contribution in [-0.4, -0.2) is 52.6 Å². The van der Waals surface area contributed by atoms with Gasteiger partial charge in [-0.05, 0) is 89.5 Å². The standard InChI is InChI=1S/C27H34ClFN4O2/c1-19(2)30-26(34)18-33-25-11-9-21(35-15-7-6-14-32-12-4-3-5-13-32)17-24(25)31-27(33)20-8-10-23(29)22(28)16-20/h8-11,16-17,19H,3-7,12-15,18H2,1-2H3,(H,30,34). The molecule has 1 aliphatic rings. The van der Waals surface area contributed by atoms with Crippen molar-refractivity contribution in [2.45, 2.75) is 58.5 Å². The maximum Gasteiger partial charge on any atom is 0.240 e. The van der Waals surface area contributed by atoms with Gasteiger partial charge in [0, 0.05) is 17.7 Å². The number of fused-ring (bicyclic) bond motifs is 1. The number of piperidine rings is 1. The van der Waals surface area contributed by atoms with Crippen molar-refractivity contribution in [3.05, 3.63) is 47.2 Å². The molecule has 1 saturated heterocycles. The van der Waals surface area contributed by atoms with Gasteiger partial charge in [0.2, 0.25) is 5.91 Å². The van der Waals surface area contributed by atoms with Gasteiger partial charge in [0.25, 0.3) is 0 Å². The summed E-state index contributed by atoms with van der Waals surface area (Å²) < 4.78 is 21.6. The van der Waals surface area contributed by atoms with Crippen molar-refractivity contribution in [1.29, 1.82) is 0 Å². The number of rotatable bonds is 10. The number of amides is 1. The second-order valence-electron chi connectivity index (χ2n) is 9.48. The molecule has 6 nitrogen and oxygen atoms in total. The summed E-state index contributed by atoms with van der Waals surface area (Å²) in [6.07, 6.45) is 6.11. The summed E-state index contributed by atoms with van der Waals surface area (Å²) in [6, 6.07) is 10.2. The van der Waals surface area contributed by atoms with Gasteiger partial charge in [-0.1, -0.05) is 18.0 Å². The van der Waals surface area contributed by atoms with E-state index in [-0.39, 0.29) is 23.5 Å². The van der Waals surface area contributed by atoms with Crippen LogP contribution in [0.5, 0.6) is 5.75 Å². The predicted octanol–water partition coefficient (Wildman–Crippen LogP) is 5.67. The average molecular weight is 501 g/mol. The van der Waals surface area contributed by atoms with E-state index < -0.39 is 5.82 Å². The van der Waals surface area contributed by atoms with Crippen molar-refractivity contribution in [3.63, 3.8) is 0 Å². The first-order chi connectivity index (χ1) is 16.9. The molecule has 1 N–H and O–H groups in total. The maximum atomic E-state index is 13.8. The molecule has 0 spiro atoms. The molecule has 1 amide bonds. The van der Waals surface area contributed by atoms with Crippen molar-refractivity contribution in [2.24, 2.45) is 0 Å². The molecule has 1 aliphatic heterocycles. The number of aromatic nitrogens is 2. The summed E-state index contributed by atoms with van der Waals surface area (Å²) in [5.41, 5.74) is 2.16. The van der Waals surface area contributed by atoms with Crippen LogP contribution < -0.4 is 10.1 Å². The second kappa shape index (κ2) is 11.9. The number of unbranched alkanes of at least 4 members (excludes halogenated alkanes) is 1. The van der Waals surface area contributed by atoms with Gasteiger partial charge in [-0.3, -0.25) is 4.79 Å². The summed E-state index contributed by atoms with van der Waals surface area (Å²) in [6.45, 7) is 8.15. The fourth-order valence-corrected chi connectivity index (χ4v) is 4.72. The van der Waals surface area contributed by atoms with Gasteiger partial charge in [0.15, 0.2) is 0 Å². The number of nitrogens with zero attached hydrogens (tertiary/aromatic N) is 3. The van der Waals surface area contributed by atoms with Gasteiger partial charge in [0.05, 0.1) is 22.7 Å². The SMILES string of the molecule is CC(C)NC(=O)Cn1c(-c2ccc(F)c(Cl)c2)nc2cc(OCCCCN3CCCCC3)ccc21. The molecule has 3 aromatic rings. The first-order valence-corrected chi connectivity index (χ1v) is 12.9. The molecule has 0 radical (unpaired) electrons. The number of hydrogen-bond donors (Lipinski definition) is 1. The normalized spacial score (nSPS) is 14.5. The number of nitrogens with one attached hydrogen (secondary N) is 1. The fraction of sp³-hybridized carbons (Fsp3) is 0.481. The first kappa shape index (κ1) is 25.5. The molecule has 2 aromatic carbocycles. The van der Waals surface area contributed by atoms with Gasteiger partial charge in [-0.2, -0.15) is 0 Å². The lowest BCUT2D eigenvalue weighted by Crippen LogP contribution is -2.33. The van der Waals surface area contributed by atoms with E-state index in [1.54, 1.807) is 6.07 Å². The zero-order valence-corrected chi connectivity index (χ0v) is 21.3. The van der Waals surface area contributed by atoms with Crippen LogP contribution in [0.15, 0.2) is 36.4 Å². The van der Waals surface area contributed by atoms with Gasteiger partial charge in [0.1, 0.15) is 23.9 Å². The lowest BCUT2D eigenvalue weighted by atomic mass is 10.1. The number of ether oxygens (including phenoxy) is 1. The van der Waals surface area contributed by atoms with Crippen molar-refractivity contribution in [2.75, 3.05) is 26.2 Å². The van der Waals surface area contributed by atoms with Crippen LogP contribution in [0.1, 0.15) is 46.0 Å². The van der Waals surface area contributed by atoms with Gasteiger partial charge in [-0.15, -0.1) is 0 Å². The van der Waals surface area contributed by atoms with Crippen LogP contribution in [0.4, 0.5) is 4.39 Å². The van der Waals surface area contributed by atoms with Crippen LogP contribution in [0, 0.1) is 5.82 Å². The minimum absolute atomic E-state index is 0.0151. The van der Waals surface area contributed by atoms with E-state index in [0.717, 1.165) is 30.7 Å². The molecule has 0 atom stereocenters. The number of likely N-dealkylation sites (tertiary alicyclic amines) is 1. The molecule has 0 bridgehead atoms. The van der Waals surface area contributed by atoms with E-state index in [2.05, 4.69) is 10.2 Å². The Morgan fingerprint density at radius 1 is 1.14 bits per heavy atom. The Morgan fingerprint density at radius 3 is 2.69 bits per heavy atom. The minimum atomic E-state index is -0.494. The van der Waals surface area contributed by atoms with E-state index in [0.29, 0.717) is 23.5 Å². The zero-order valence-electron chi connectivity index (χ0n) is 20.5. The molecule has 35 heavy (non-hydrogen) atoms. The van der Waals surface area contributed by atoms with Gasteiger partial charge < -0.3 is 19.5 Å². The molecule has 188 valence electrons. The Labute approximate surface area is 211 Å². The minimum Gasteiger partial charge on any atom is -0.494 e. The quantitative estimate of drug-likeness (QED) is 0.365. The smallest absolute Gasteiger partial charge is 0.240 e. The van der Waals surface area contributed by atoms with Gasteiger partial charge >= 0.3 is 0 Å². The van der Waals surface area contributed by atoms with Crippen molar-refractivity contribution >= 4 is 28.5 Å². The van der Waals surface area contributed by atoms with E-state index in [1.165, 1.54) is 44.5 Å². The monoisotopic (exact) mass is 500 g/mol. The van der Waals surface area contributed by atoms with Crippen molar-refractivity contribution in [3.8, 4) is 17.1 Å². The molecule has 0 saturated carbocycles. The molecule has 4 rings (SSSR count). The predicted molar refractivity (Wildman–Crippen MR) is 138 cm³/mol. The Hall–Kier alpha value is -2.64. The van der Waals surface area contributed by atoms with Gasteiger partial charge in [-0.25, -0.2) is 9.37 Å². The highest BCUT2D eigenvalue weighted by Crippen LogP contribution is 2.30. The molecule has 0 unspecified atom stereocenters. The third-order valence-corrected chi connectivity index (χ3v) is 6.52. The molecule has 1 fully saturated rings. The molecule has 0 aliphatic carbocycles. The summed E-state index contributed by atoms with van der Waals surface area (Å²) in [7, 11) is 0. The highest BCUT2D eigenvalue weighted by Gasteiger charge is 2.18. The van der Waals surface area contributed by atoms with Crippen LogP contribution in [0.25, 0.3) is 22.4 Å². The number of halogens is 2. The van der Waals surface area contributed by atoms with Crippen LogP contribution in [-0.2, 0) is 11.3 Å². The largest absolute Gasteiger partial charge is 0.494 e. The number of carbonyl (C=O) groups is 1. The van der Waals surface area contributed by atoms with E-state index in [4.69, 9.17) is 21.3 Å². The Morgan fingerprint density at radius 2 is 1.94 bits per heavy atom. The number of benzene rings is 2. The molecular formula is C27H34ClFN4O2. The summed E-state index contributed by atoms with van der Waals surface area (Å²) >= 11 is 6.03. The average Bonchev–Trinajstić information content (AvgIpc) is 3.18. The molecule has 8 heteroatoms. The fourth-order valence-electron chi connectivity index (χ4n) is 4.54. The van der Waals surface area contributed by atoms with E-state index in [1.807, 2.05) is 36.6 Å². The topological polar surface area (TPSA) is 59.4 Å².